The number of hydrogen-bond acceptors (Lipinski definition) is 2. The van der Waals surface area contributed by atoms with Gasteiger partial charge in [-0.15, -0.1) is 0 Å². The van der Waals surface area contributed by atoms with Gasteiger partial charge in [0.05, 0.1) is 12.1 Å². The molecule has 0 aromatic heterocycles. The van der Waals surface area contributed by atoms with Crippen LogP contribution in [0.2, 0.25) is 0 Å². The van der Waals surface area contributed by atoms with Crippen molar-refractivity contribution in [3.05, 3.63) is 60.2 Å². The Morgan fingerprint density at radius 2 is 1.73 bits per heavy atom. The second-order valence-electron chi connectivity index (χ2n) is 5.43. The van der Waals surface area contributed by atoms with Crippen molar-refractivity contribution in [2.45, 2.75) is 32.9 Å². The second kappa shape index (κ2) is 7.80. The molecule has 0 aliphatic carbocycles. The molecule has 0 amide bonds. The van der Waals surface area contributed by atoms with E-state index in [2.05, 4.69) is 29.7 Å². The number of hydrogen-bond donors (Lipinski definition) is 2. The molecule has 0 saturated carbocycles. The molecule has 2 aromatic carbocycles. The molecule has 2 N–H and O–H groups in total. The van der Waals surface area contributed by atoms with Crippen molar-refractivity contribution >= 4 is 23.0 Å². The summed E-state index contributed by atoms with van der Waals surface area (Å²) in [5.41, 5.74) is 2.11. The SMILES string of the molecule is CC(C)Oc1cccc(NC(=S)N[C@H](C)c2ccccc2)c1. The van der Waals surface area contributed by atoms with Crippen molar-refractivity contribution in [2.75, 3.05) is 5.32 Å². The molecule has 4 heteroatoms. The minimum atomic E-state index is 0.149. The lowest BCUT2D eigenvalue weighted by molar-refractivity contribution is 0.242. The molecule has 1 atom stereocenters. The summed E-state index contributed by atoms with van der Waals surface area (Å²) >= 11 is 5.38. The zero-order valence-corrected chi connectivity index (χ0v) is 14.0. The maximum Gasteiger partial charge on any atom is 0.171 e. The van der Waals surface area contributed by atoms with Crippen LogP contribution in [0.5, 0.6) is 5.75 Å². The summed E-state index contributed by atoms with van der Waals surface area (Å²) in [5, 5.41) is 7.08. The number of ether oxygens (including phenoxy) is 1. The Kier molecular flexibility index (Phi) is 5.78. The summed E-state index contributed by atoms with van der Waals surface area (Å²) in [5.74, 6) is 0.832. The lowest BCUT2D eigenvalue weighted by Crippen LogP contribution is -2.30. The Labute approximate surface area is 137 Å². The van der Waals surface area contributed by atoms with Crippen molar-refractivity contribution in [1.29, 1.82) is 0 Å². The van der Waals surface area contributed by atoms with Crippen LogP contribution in [-0.4, -0.2) is 11.2 Å². The largest absolute Gasteiger partial charge is 0.491 e. The number of rotatable bonds is 5. The predicted molar refractivity (Wildman–Crippen MR) is 96.4 cm³/mol. The van der Waals surface area contributed by atoms with Crippen LogP contribution in [0.1, 0.15) is 32.4 Å². The van der Waals surface area contributed by atoms with Crippen molar-refractivity contribution in [3.8, 4) is 5.75 Å². The van der Waals surface area contributed by atoms with E-state index in [0.717, 1.165) is 11.4 Å². The number of anilines is 1. The van der Waals surface area contributed by atoms with Gasteiger partial charge in [0.2, 0.25) is 0 Å². The Bertz CT molecular complexity index is 613. The molecule has 0 aliphatic heterocycles. The average molecular weight is 314 g/mol. The van der Waals surface area contributed by atoms with Gasteiger partial charge in [0.25, 0.3) is 0 Å². The van der Waals surface area contributed by atoms with E-state index in [4.69, 9.17) is 17.0 Å². The Morgan fingerprint density at radius 1 is 1.00 bits per heavy atom. The highest BCUT2D eigenvalue weighted by molar-refractivity contribution is 7.80. The summed E-state index contributed by atoms with van der Waals surface area (Å²) in [4.78, 5) is 0. The van der Waals surface area contributed by atoms with E-state index in [0.29, 0.717) is 5.11 Å². The highest BCUT2D eigenvalue weighted by atomic mass is 32.1. The molecule has 0 bridgehead atoms. The van der Waals surface area contributed by atoms with Gasteiger partial charge < -0.3 is 15.4 Å². The van der Waals surface area contributed by atoms with Crippen LogP contribution < -0.4 is 15.4 Å². The van der Waals surface area contributed by atoms with Gasteiger partial charge in [-0.05, 0) is 50.7 Å². The van der Waals surface area contributed by atoms with Crippen LogP contribution in [0.3, 0.4) is 0 Å². The molecule has 116 valence electrons. The van der Waals surface area contributed by atoms with Crippen LogP contribution in [0.25, 0.3) is 0 Å². The third-order valence-electron chi connectivity index (χ3n) is 3.11. The average Bonchev–Trinajstić information content (AvgIpc) is 2.47. The smallest absolute Gasteiger partial charge is 0.171 e. The molecular weight excluding hydrogens is 292 g/mol. The fraction of sp³-hybridized carbons (Fsp3) is 0.278. The Morgan fingerprint density at radius 3 is 2.41 bits per heavy atom. The highest BCUT2D eigenvalue weighted by Crippen LogP contribution is 2.19. The quantitative estimate of drug-likeness (QED) is 0.795. The van der Waals surface area contributed by atoms with Gasteiger partial charge in [-0.25, -0.2) is 0 Å². The lowest BCUT2D eigenvalue weighted by atomic mass is 10.1. The topological polar surface area (TPSA) is 33.3 Å². The summed E-state index contributed by atoms with van der Waals surface area (Å²) in [6.07, 6.45) is 0.151. The summed E-state index contributed by atoms with van der Waals surface area (Å²) < 4.78 is 5.68. The predicted octanol–water partition coefficient (Wildman–Crippen LogP) is 4.52. The van der Waals surface area contributed by atoms with Gasteiger partial charge in [-0.1, -0.05) is 36.4 Å². The number of benzene rings is 2. The first-order valence-electron chi connectivity index (χ1n) is 7.44. The Balaban J connectivity index is 1.94. The first-order valence-corrected chi connectivity index (χ1v) is 7.84. The van der Waals surface area contributed by atoms with Gasteiger partial charge in [0.15, 0.2) is 5.11 Å². The maximum atomic E-state index is 5.68. The number of thiocarbonyl (C=S) groups is 1. The van der Waals surface area contributed by atoms with Gasteiger partial charge in [0.1, 0.15) is 5.75 Å². The van der Waals surface area contributed by atoms with Gasteiger partial charge in [-0.3, -0.25) is 0 Å². The lowest BCUT2D eigenvalue weighted by Gasteiger charge is -2.18. The standard InChI is InChI=1S/C18H22N2OS/c1-13(2)21-17-11-7-10-16(12-17)20-18(22)19-14(3)15-8-5-4-6-9-15/h4-14H,1-3H3,(H2,19,20,22)/t14-/m1/s1. The van der Waals surface area contributed by atoms with Crippen molar-refractivity contribution < 1.29 is 4.74 Å². The van der Waals surface area contributed by atoms with Crippen LogP contribution in [0, 0.1) is 0 Å². The molecular formula is C18H22N2OS. The minimum absolute atomic E-state index is 0.149. The Hall–Kier alpha value is -2.07. The molecule has 0 spiro atoms. The summed E-state index contributed by atoms with van der Waals surface area (Å²) in [7, 11) is 0. The minimum Gasteiger partial charge on any atom is -0.491 e. The first kappa shape index (κ1) is 16.3. The summed E-state index contributed by atoms with van der Waals surface area (Å²) in [6, 6.07) is 18.2. The molecule has 0 aliphatic rings. The van der Waals surface area contributed by atoms with Crippen LogP contribution in [0.15, 0.2) is 54.6 Å². The first-order chi connectivity index (χ1) is 10.5. The van der Waals surface area contributed by atoms with Crippen molar-refractivity contribution in [1.82, 2.24) is 5.32 Å². The fourth-order valence-electron chi connectivity index (χ4n) is 2.11. The molecule has 2 rings (SSSR count). The molecule has 22 heavy (non-hydrogen) atoms. The van der Waals surface area contributed by atoms with E-state index in [9.17, 15) is 0 Å². The van der Waals surface area contributed by atoms with Crippen LogP contribution >= 0.6 is 12.2 Å². The third kappa shape index (κ3) is 5.04. The number of nitrogens with one attached hydrogen (secondary N) is 2. The molecule has 3 nitrogen and oxygen atoms in total. The summed E-state index contributed by atoms with van der Waals surface area (Å²) in [6.45, 7) is 6.10. The van der Waals surface area contributed by atoms with Crippen LogP contribution in [0.4, 0.5) is 5.69 Å². The molecule has 0 saturated heterocycles. The van der Waals surface area contributed by atoms with Crippen molar-refractivity contribution in [2.24, 2.45) is 0 Å². The molecule has 0 fully saturated rings. The van der Waals surface area contributed by atoms with Gasteiger partial charge >= 0.3 is 0 Å². The molecule has 0 heterocycles. The van der Waals surface area contributed by atoms with E-state index in [1.54, 1.807) is 0 Å². The van der Waals surface area contributed by atoms with E-state index in [1.165, 1.54) is 5.56 Å². The van der Waals surface area contributed by atoms with E-state index < -0.39 is 0 Å². The highest BCUT2D eigenvalue weighted by Gasteiger charge is 2.07. The van der Waals surface area contributed by atoms with Crippen molar-refractivity contribution in [3.63, 3.8) is 0 Å². The van der Waals surface area contributed by atoms with E-state index in [-0.39, 0.29) is 12.1 Å². The molecule has 0 radical (unpaired) electrons. The normalized spacial score (nSPS) is 11.8. The maximum absolute atomic E-state index is 5.68. The van der Waals surface area contributed by atoms with Crippen LogP contribution in [-0.2, 0) is 0 Å². The molecule has 0 unspecified atom stereocenters. The monoisotopic (exact) mass is 314 g/mol. The van der Waals surface area contributed by atoms with E-state index >= 15 is 0 Å². The zero-order chi connectivity index (χ0) is 15.9. The third-order valence-corrected chi connectivity index (χ3v) is 3.33. The van der Waals surface area contributed by atoms with Gasteiger partial charge in [-0.2, -0.15) is 0 Å². The zero-order valence-electron chi connectivity index (χ0n) is 13.2. The second-order valence-corrected chi connectivity index (χ2v) is 5.83. The fourth-order valence-corrected chi connectivity index (χ4v) is 2.40. The van der Waals surface area contributed by atoms with Gasteiger partial charge in [0, 0.05) is 11.8 Å². The molecule has 2 aromatic rings. The van der Waals surface area contributed by atoms with E-state index in [1.807, 2.05) is 56.3 Å².